The average molecular weight is 271 g/mol. The monoisotopic (exact) mass is 271 g/mol. The molecule has 0 aliphatic heterocycles. The van der Waals surface area contributed by atoms with E-state index in [4.69, 9.17) is 0 Å². The third-order valence-corrected chi connectivity index (χ3v) is 3.96. The van der Waals surface area contributed by atoms with Gasteiger partial charge in [0.2, 0.25) is 0 Å². The van der Waals surface area contributed by atoms with Crippen LogP contribution in [0.25, 0.3) is 11.1 Å². The summed E-state index contributed by atoms with van der Waals surface area (Å²) in [6.45, 7) is 9.49. The zero-order valence-electron chi connectivity index (χ0n) is 13.2. The first kappa shape index (κ1) is 14.8. The minimum absolute atomic E-state index is 0.507. The lowest BCUT2D eigenvalue weighted by atomic mass is 10.00. The summed E-state index contributed by atoms with van der Waals surface area (Å²) < 4.78 is 2.07. The van der Waals surface area contributed by atoms with Crippen molar-refractivity contribution >= 4 is 0 Å². The van der Waals surface area contributed by atoms with Gasteiger partial charge in [0.25, 0.3) is 0 Å². The first-order valence-electron chi connectivity index (χ1n) is 7.37. The Balaban J connectivity index is 2.28. The van der Waals surface area contributed by atoms with Crippen LogP contribution in [0.4, 0.5) is 0 Å². The third kappa shape index (κ3) is 2.93. The molecule has 1 atom stereocenters. The van der Waals surface area contributed by atoms with Crippen LogP contribution in [0.5, 0.6) is 0 Å². The predicted octanol–water partition coefficient (Wildman–Crippen LogP) is 3.34. The SMILES string of the molecule is CCn1nc(C)c(-c2ccc(CC(C)NC)cc2)c1C. The van der Waals surface area contributed by atoms with E-state index in [0.717, 1.165) is 18.7 Å². The van der Waals surface area contributed by atoms with Gasteiger partial charge in [-0.3, -0.25) is 4.68 Å². The average Bonchev–Trinajstić information content (AvgIpc) is 2.74. The lowest BCUT2D eigenvalue weighted by Crippen LogP contribution is -2.23. The van der Waals surface area contributed by atoms with Gasteiger partial charge < -0.3 is 5.32 Å². The van der Waals surface area contributed by atoms with Gasteiger partial charge in [0.1, 0.15) is 0 Å². The fourth-order valence-corrected chi connectivity index (χ4v) is 2.69. The summed E-state index contributed by atoms with van der Waals surface area (Å²) >= 11 is 0. The third-order valence-electron chi connectivity index (χ3n) is 3.96. The second-order valence-corrected chi connectivity index (χ2v) is 5.45. The number of hydrogen-bond acceptors (Lipinski definition) is 2. The molecule has 108 valence electrons. The highest BCUT2D eigenvalue weighted by atomic mass is 15.3. The summed E-state index contributed by atoms with van der Waals surface area (Å²) in [4.78, 5) is 0. The van der Waals surface area contributed by atoms with Gasteiger partial charge >= 0.3 is 0 Å². The van der Waals surface area contributed by atoms with Gasteiger partial charge in [-0.25, -0.2) is 0 Å². The molecule has 1 aromatic heterocycles. The van der Waals surface area contributed by atoms with E-state index in [2.05, 4.69) is 67.1 Å². The Labute approximate surface area is 122 Å². The molecule has 1 unspecified atom stereocenters. The lowest BCUT2D eigenvalue weighted by Gasteiger charge is -2.10. The Morgan fingerprint density at radius 1 is 1.20 bits per heavy atom. The van der Waals surface area contributed by atoms with E-state index in [-0.39, 0.29) is 0 Å². The molecule has 0 aliphatic carbocycles. The normalized spacial score (nSPS) is 12.7. The van der Waals surface area contributed by atoms with E-state index in [0.29, 0.717) is 6.04 Å². The number of aryl methyl sites for hydroxylation is 2. The zero-order chi connectivity index (χ0) is 14.7. The molecule has 0 radical (unpaired) electrons. The fraction of sp³-hybridized carbons (Fsp3) is 0.471. The van der Waals surface area contributed by atoms with Gasteiger partial charge in [0.15, 0.2) is 0 Å². The molecule has 3 heteroatoms. The smallest absolute Gasteiger partial charge is 0.0674 e. The van der Waals surface area contributed by atoms with Crippen molar-refractivity contribution in [1.82, 2.24) is 15.1 Å². The van der Waals surface area contributed by atoms with Crippen LogP contribution in [0.2, 0.25) is 0 Å². The minimum atomic E-state index is 0.507. The first-order chi connectivity index (χ1) is 9.56. The molecule has 1 N–H and O–H groups in total. The highest BCUT2D eigenvalue weighted by molar-refractivity contribution is 5.68. The maximum atomic E-state index is 4.60. The van der Waals surface area contributed by atoms with Crippen LogP contribution in [-0.4, -0.2) is 22.9 Å². The number of benzene rings is 1. The molecule has 0 saturated carbocycles. The number of likely N-dealkylation sites (N-methyl/N-ethyl adjacent to an activating group) is 1. The van der Waals surface area contributed by atoms with Crippen molar-refractivity contribution in [1.29, 1.82) is 0 Å². The van der Waals surface area contributed by atoms with E-state index in [1.807, 2.05) is 7.05 Å². The van der Waals surface area contributed by atoms with Crippen molar-refractivity contribution < 1.29 is 0 Å². The van der Waals surface area contributed by atoms with Crippen molar-refractivity contribution in [2.24, 2.45) is 0 Å². The standard InChI is InChI=1S/C17H25N3/c1-6-20-14(4)17(13(3)19-20)16-9-7-15(8-10-16)11-12(2)18-5/h7-10,12,18H,6,11H2,1-5H3. The molecular formula is C17H25N3. The summed E-state index contributed by atoms with van der Waals surface area (Å²) in [7, 11) is 2.00. The number of nitrogens with one attached hydrogen (secondary N) is 1. The Bertz CT molecular complexity index is 567. The maximum Gasteiger partial charge on any atom is 0.0674 e. The van der Waals surface area contributed by atoms with Crippen LogP contribution in [-0.2, 0) is 13.0 Å². The van der Waals surface area contributed by atoms with Crippen molar-refractivity contribution in [3.63, 3.8) is 0 Å². The van der Waals surface area contributed by atoms with Gasteiger partial charge in [-0.15, -0.1) is 0 Å². The molecule has 2 aromatic rings. The largest absolute Gasteiger partial charge is 0.317 e. The molecule has 0 aliphatic rings. The second-order valence-electron chi connectivity index (χ2n) is 5.45. The van der Waals surface area contributed by atoms with Gasteiger partial charge in [-0.1, -0.05) is 24.3 Å². The Hall–Kier alpha value is -1.61. The van der Waals surface area contributed by atoms with Gasteiger partial charge in [0.05, 0.1) is 5.69 Å². The fourth-order valence-electron chi connectivity index (χ4n) is 2.69. The van der Waals surface area contributed by atoms with Crippen molar-refractivity contribution in [3.8, 4) is 11.1 Å². The number of nitrogens with zero attached hydrogens (tertiary/aromatic N) is 2. The van der Waals surface area contributed by atoms with E-state index in [1.54, 1.807) is 0 Å². The summed E-state index contributed by atoms with van der Waals surface area (Å²) in [5.41, 5.74) is 6.27. The molecular weight excluding hydrogens is 246 g/mol. The molecule has 20 heavy (non-hydrogen) atoms. The molecule has 0 bridgehead atoms. The molecule has 0 fully saturated rings. The van der Waals surface area contributed by atoms with Gasteiger partial charge in [-0.05, 0) is 52.3 Å². The second kappa shape index (κ2) is 6.23. The minimum Gasteiger partial charge on any atom is -0.317 e. The summed E-state index contributed by atoms with van der Waals surface area (Å²) in [6.07, 6.45) is 1.06. The molecule has 1 heterocycles. The summed E-state index contributed by atoms with van der Waals surface area (Å²) in [5.74, 6) is 0. The maximum absolute atomic E-state index is 4.60. The summed E-state index contributed by atoms with van der Waals surface area (Å²) in [6, 6.07) is 9.40. The van der Waals surface area contributed by atoms with Crippen molar-refractivity contribution in [3.05, 3.63) is 41.2 Å². The molecule has 0 spiro atoms. The molecule has 3 nitrogen and oxygen atoms in total. The van der Waals surface area contributed by atoms with Gasteiger partial charge in [-0.2, -0.15) is 5.10 Å². The zero-order valence-corrected chi connectivity index (χ0v) is 13.2. The first-order valence-corrected chi connectivity index (χ1v) is 7.37. The topological polar surface area (TPSA) is 29.9 Å². The molecule has 0 saturated heterocycles. The number of rotatable bonds is 5. The van der Waals surface area contributed by atoms with Crippen molar-refractivity contribution in [2.45, 2.75) is 46.7 Å². The molecule has 1 aromatic carbocycles. The number of hydrogen-bond donors (Lipinski definition) is 1. The van der Waals surface area contributed by atoms with E-state index < -0.39 is 0 Å². The Kier molecular flexibility index (Phi) is 4.61. The van der Waals surface area contributed by atoms with Crippen LogP contribution >= 0.6 is 0 Å². The van der Waals surface area contributed by atoms with Crippen molar-refractivity contribution in [2.75, 3.05) is 7.05 Å². The lowest BCUT2D eigenvalue weighted by molar-refractivity contribution is 0.608. The van der Waals surface area contributed by atoms with E-state index in [9.17, 15) is 0 Å². The van der Waals surface area contributed by atoms with Crippen LogP contribution in [0, 0.1) is 13.8 Å². The molecule has 0 amide bonds. The highest BCUT2D eigenvalue weighted by Crippen LogP contribution is 2.27. The van der Waals surface area contributed by atoms with E-state index >= 15 is 0 Å². The van der Waals surface area contributed by atoms with Gasteiger partial charge in [0, 0.05) is 23.8 Å². The Morgan fingerprint density at radius 2 is 1.85 bits per heavy atom. The predicted molar refractivity (Wildman–Crippen MR) is 85.0 cm³/mol. The highest BCUT2D eigenvalue weighted by Gasteiger charge is 2.12. The van der Waals surface area contributed by atoms with Crippen LogP contribution in [0.3, 0.4) is 0 Å². The number of aromatic nitrogens is 2. The van der Waals surface area contributed by atoms with Crippen LogP contribution in [0.15, 0.2) is 24.3 Å². The molecule has 2 rings (SSSR count). The van der Waals surface area contributed by atoms with Crippen LogP contribution < -0.4 is 5.32 Å². The Morgan fingerprint density at radius 3 is 2.35 bits per heavy atom. The summed E-state index contributed by atoms with van der Waals surface area (Å²) in [5, 5.41) is 7.87. The van der Waals surface area contributed by atoms with E-state index in [1.165, 1.54) is 22.4 Å². The van der Waals surface area contributed by atoms with Crippen LogP contribution in [0.1, 0.15) is 30.8 Å². The quantitative estimate of drug-likeness (QED) is 0.904.